The number of aromatic nitrogens is 5. The van der Waals surface area contributed by atoms with Gasteiger partial charge in [-0.3, -0.25) is 4.79 Å². The number of rotatable bonds is 9. The van der Waals surface area contributed by atoms with Gasteiger partial charge in [0.15, 0.2) is 11.0 Å². The zero-order valence-corrected chi connectivity index (χ0v) is 23.8. The van der Waals surface area contributed by atoms with Gasteiger partial charge in [0.1, 0.15) is 0 Å². The molecule has 2 N–H and O–H groups in total. The summed E-state index contributed by atoms with van der Waals surface area (Å²) in [5, 5.41) is 12.0. The molecule has 0 aliphatic heterocycles. The zero-order valence-electron chi connectivity index (χ0n) is 19.8. The van der Waals surface area contributed by atoms with Gasteiger partial charge in [0.2, 0.25) is 11.9 Å². The van der Waals surface area contributed by atoms with Crippen LogP contribution in [0.15, 0.2) is 75.3 Å². The Morgan fingerprint density at radius 1 is 1.08 bits per heavy atom. The van der Waals surface area contributed by atoms with Crippen molar-refractivity contribution in [1.82, 2.24) is 24.7 Å². The van der Waals surface area contributed by atoms with Gasteiger partial charge in [-0.25, -0.2) is 23.1 Å². The Balaban J connectivity index is 0.00000380. The topological polar surface area (TPSA) is 132 Å². The largest absolute Gasteiger partial charge is 0.325 e. The number of amides is 1. The molecule has 0 saturated carbocycles. The standard InChI is InChI=1S/C23H22BrN7O3S2.ClH/c1-3-31-21(18-6-4-5-7-19(18)24)28-29-23(31)35-14-20(32)27-16-8-10-17(11-9-16)36(33,34)30-22-25-13-12-15(2)26-22;/h4-13H,3,14H2,1-2H3,(H,27,32)(H,25,26,30);1H. The van der Waals surface area contributed by atoms with Gasteiger partial charge in [0.25, 0.3) is 10.0 Å². The molecular formula is C23H23BrClN7O3S2. The van der Waals surface area contributed by atoms with Gasteiger partial charge in [-0.15, -0.1) is 22.6 Å². The third kappa shape index (κ3) is 7.06. The third-order valence-electron chi connectivity index (χ3n) is 4.95. The second-order valence-electron chi connectivity index (χ2n) is 7.52. The normalized spacial score (nSPS) is 11.0. The highest BCUT2D eigenvalue weighted by atomic mass is 79.9. The number of halogens is 2. The summed E-state index contributed by atoms with van der Waals surface area (Å²) in [7, 11) is -3.87. The van der Waals surface area contributed by atoms with E-state index in [9.17, 15) is 13.2 Å². The lowest BCUT2D eigenvalue weighted by atomic mass is 10.2. The lowest BCUT2D eigenvalue weighted by Gasteiger charge is -2.10. The van der Waals surface area contributed by atoms with Crippen molar-refractivity contribution in [2.75, 3.05) is 15.8 Å². The van der Waals surface area contributed by atoms with E-state index in [1.807, 2.05) is 35.8 Å². The third-order valence-corrected chi connectivity index (χ3v) is 7.95. The number of hydrogen-bond donors (Lipinski definition) is 2. The molecule has 0 bridgehead atoms. The van der Waals surface area contributed by atoms with E-state index >= 15 is 0 Å². The van der Waals surface area contributed by atoms with E-state index in [4.69, 9.17) is 0 Å². The first-order chi connectivity index (χ1) is 17.3. The Bertz CT molecular complexity index is 1500. The predicted molar refractivity (Wildman–Crippen MR) is 149 cm³/mol. The van der Waals surface area contributed by atoms with Crippen molar-refractivity contribution in [3.63, 3.8) is 0 Å². The van der Waals surface area contributed by atoms with E-state index in [-0.39, 0.29) is 34.9 Å². The van der Waals surface area contributed by atoms with Crippen molar-refractivity contribution in [2.24, 2.45) is 0 Å². The number of anilines is 2. The molecule has 0 aliphatic rings. The van der Waals surface area contributed by atoms with E-state index in [2.05, 4.69) is 46.1 Å². The number of nitrogens with zero attached hydrogens (tertiary/aromatic N) is 5. The Labute approximate surface area is 233 Å². The zero-order chi connectivity index (χ0) is 25.7. The summed E-state index contributed by atoms with van der Waals surface area (Å²) >= 11 is 4.81. The van der Waals surface area contributed by atoms with Gasteiger partial charge in [-0.2, -0.15) is 0 Å². The van der Waals surface area contributed by atoms with Crippen LogP contribution in [0.1, 0.15) is 12.6 Å². The first-order valence-corrected chi connectivity index (χ1v) is 14.1. The van der Waals surface area contributed by atoms with Crippen LogP contribution in [0.5, 0.6) is 0 Å². The van der Waals surface area contributed by atoms with Crippen LogP contribution in [-0.2, 0) is 21.4 Å². The van der Waals surface area contributed by atoms with Crippen LogP contribution in [-0.4, -0.2) is 44.8 Å². The monoisotopic (exact) mass is 623 g/mol. The van der Waals surface area contributed by atoms with Gasteiger partial charge in [-0.05, 0) is 50.2 Å². The van der Waals surface area contributed by atoms with Crippen molar-refractivity contribution in [2.45, 2.75) is 30.4 Å². The highest BCUT2D eigenvalue weighted by Gasteiger charge is 2.18. The predicted octanol–water partition coefficient (Wildman–Crippen LogP) is 4.78. The Kier molecular flexibility index (Phi) is 9.65. The first-order valence-electron chi connectivity index (χ1n) is 10.8. The quantitative estimate of drug-likeness (QED) is 0.254. The smallest absolute Gasteiger partial charge is 0.264 e. The van der Waals surface area contributed by atoms with Crippen LogP contribution < -0.4 is 10.0 Å². The fraction of sp³-hybridized carbons (Fsp3) is 0.174. The van der Waals surface area contributed by atoms with Crippen LogP contribution in [0, 0.1) is 6.92 Å². The van der Waals surface area contributed by atoms with E-state index in [0.717, 1.165) is 10.0 Å². The van der Waals surface area contributed by atoms with Crippen LogP contribution >= 0.6 is 40.1 Å². The minimum absolute atomic E-state index is 0. The van der Waals surface area contributed by atoms with Crippen molar-refractivity contribution >= 4 is 67.7 Å². The number of carbonyl (C=O) groups is 1. The molecule has 0 aliphatic carbocycles. The van der Waals surface area contributed by atoms with Crippen LogP contribution in [0.4, 0.5) is 11.6 Å². The molecule has 0 fully saturated rings. The second-order valence-corrected chi connectivity index (χ2v) is 11.0. The number of carbonyl (C=O) groups excluding carboxylic acids is 1. The lowest BCUT2D eigenvalue weighted by molar-refractivity contribution is -0.113. The molecule has 2 heterocycles. The highest BCUT2D eigenvalue weighted by molar-refractivity contribution is 9.10. The summed E-state index contributed by atoms with van der Waals surface area (Å²) in [5.74, 6) is 0.567. The fourth-order valence-electron chi connectivity index (χ4n) is 3.24. The Morgan fingerprint density at radius 3 is 2.49 bits per heavy atom. The molecular weight excluding hydrogens is 602 g/mol. The van der Waals surface area contributed by atoms with Crippen LogP contribution in [0.25, 0.3) is 11.4 Å². The number of sulfonamides is 1. The summed E-state index contributed by atoms with van der Waals surface area (Å²) in [4.78, 5) is 20.5. The summed E-state index contributed by atoms with van der Waals surface area (Å²) < 4.78 is 30.4. The van der Waals surface area contributed by atoms with Crippen molar-refractivity contribution in [1.29, 1.82) is 0 Å². The molecule has 0 spiro atoms. The van der Waals surface area contributed by atoms with E-state index < -0.39 is 10.0 Å². The number of benzene rings is 2. The molecule has 1 amide bonds. The lowest BCUT2D eigenvalue weighted by Crippen LogP contribution is -2.16. The summed E-state index contributed by atoms with van der Waals surface area (Å²) in [6, 6.07) is 15.3. The maximum Gasteiger partial charge on any atom is 0.264 e. The number of nitrogens with one attached hydrogen (secondary N) is 2. The van der Waals surface area contributed by atoms with Gasteiger partial charge >= 0.3 is 0 Å². The van der Waals surface area contributed by atoms with Crippen LogP contribution in [0.3, 0.4) is 0 Å². The molecule has 14 heteroatoms. The average molecular weight is 625 g/mol. The van der Waals surface area contributed by atoms with E-state index in [1.165, 1.54) is 42.2 Å². The fourth-order valence-corrected chi connectivity index (χ4v) is 5.46. The molecule has 10 nitrogen and oxygen atoms in total. The first kappa shape index (κ1) is 28.6. The number of thioether (sulfide) groups is 1. The summed E-state index contributed by atoms with van der Waals surface area (Å²) in [6.45, 7) is 4.37. The molecule has 0 saturated heterocycles. The molecule has 0 radical (unpaired) electrons. The van der Waals surface area contributed by atoms with Gasteiger partial charge < -0.3 is 9.88 Å². The molecule has 0 atom stereocenters. The Morgan fingerprint density at radius 2 is 1.81 bits per heavy atom. The molecule has 37 heavy (non-hydrogen) atoms. The van der Waals surface area contributed by atoms with E-state index in [1.54, 1.807) is 13.0 Å². The molecule has 2 aromatic carbocycles. The van der Waals surface area contributed by atoms with Gasteiger partial charge in [-0.1, -0.05) is 45.9 Å². The van der Waals surface area contributed by atoms with Crippen molar-refractivity contribution in [3.8, 4) is 11.4 Å². The van der Waals surface area contributed by atoms with E-state index in [0.29, 0.717) is 28.9 Å². The minimum atomic E-state index is -3.87. The molecule has 194 valence electrons. The molecule has 4 rings (SSSR count). The van der Waals surface area contributed by atoms with Crippen molar-refractivity contribution < 1.29 is 13.2 Å². The van der Waals surface area contributed by atoms with Gasteiger partial charge in [0, 0.05) is 34.2 Å². The van der Waals surface area contributed by atoms with Crippen LogP contribution in [0.2, 0.25) is 0 Å². The maximum absolute atomic E-state index is 12.6. The van der Waals surface area contributed by atoms with Gasteiger partial charge in [0.05, 0.1) is 10.6 Å². The number of aryl methyl sites for hydroxylation is 1. The number of hydrogen-bond acceptors (Lipinski definition) is 8. The molecule has 4 aromatic rings. The van der Waals surface area contributed by atoms with Crippen molar-refractivity contribution in [3.05, 3.63) is 71.0 Å². The SMILES string of the molecule is CCn1c(SCC(=O)Nc2ccc(S(=O)(=O)Nc3nccc(C)n3)cc2)nnc1-c1ccccc1Br.Cl. The molecule has 2 aromatic heterocycles. The molecule has 0 unspecified atom stereocenters. The summed E-state index contributed by atoms with van der Waals surface area (Å²) in [6.07, 6.45) is 1.47. The second kappa shape index (κ2) is 12.5. The minimum Gasteiger partial charge on any atom is -0.325 e. The maximum atomic E-state index is 12.6. The highest BCUT2D eigenvalue weighted by Crippen LogP contribution is 2.29. The Hall–Kier alpha value is -3.00. The average Bonchev–Trinajstić information content (AvgIpc) is 3.26. The summed E-state index contributed by atoms with van der Waals surface area (Å²) in [5.41, 5.74) is 2.03.